The molecular formula is C41H47N5O9S. The van der Waals surface area contributed by atoms with Gasteiger partial charge in [-0.15, -0.1) is 0 Å². The Kier molecular flexibility index (Phi) is 9.70. The lowest BCUT2D eigenvalue weighted by atomic mass is 10.0. The highest BCUT2D eigenvalue weighted by atomic mass is 32.2. The minimum absolute atomic E-state index is 0.0256. The molecule has 5 atom stereocenters. The fraction of sp³-hybridized carbons (Fsp3) is 0.488. The van der Waals surface area contributed by atoms with Crippen molar-refractivity contribution >= 4 is 66.7 Å². The van der Waals surface area contributed by atoms with Crippen LogP contribution in [0.5, 0.6) is 5.88 Å². The maximum absolute atomic E-state index is 14.6. The zero-order valence-electron chi connectivity index (χ0n) is 31.7. The number of aromatic nitrogens is 1. The number of hydrogen-bond acceptors (Lipinski definition) is 10. The van der Waals surface area contributed by atoms with Crippen molar-refractivity contribution in [3.63, 3.8) is 0 Å². The number of benzene rings is 2. The Hall–Kier alpha value is -5.18. The number of furan rings is 1. The number of amides is 4. The monoisotopic (exact) mass is 785 g/mol. The van der Waals surface area contributed by atoms with E-state index in [1.54, 1.807) is 20.8 Å². The van der Waals surface area contributed by atoms with Gasteiger partial charge in [0.1, 0.15) is 40.4 Å². The number of fused-ring (bicyclic) bond motifs is 7. The number of pyridine rings is 1. The molecule has 4 aliphatic rings. The molecular weight excluding hydrogens is 739 g/mol. The third-order valence-electron chi connectivity index (χ3n) is 11.0. The predicted molar refractivity (Wildman–Crippen MR) is 208 cm³/mol. The average molecular weight is 786 g/mol. The average Bonchev–Trinajstić information content (AvgIpc) is 4.05. The summed E-state index contributed by atoms with van der Waals surface area (Å²) in [5.41, 5.74) is -0.429. The van der Waals surface area contributed by atoms with E-state index in [2.05, 4.69) is 15.4 Å². The molecule has 15 heteroatoms. The van der Waals surface area contributed by atoms with Crippen molar-refractivity contribution in [2.24, 2.45) is 5.92 Å². The highest BCUT2D eigenvalue weighted by molar-refractivity contribution is 7.91. The second-order valence-electron chi connectivity index (χ2n) is 16.4. The Balaban J connectivity index is 1.14. The quantitative estimate of drug-likeness (QED) is 0.215. The number of hydrogen-bond donors (Lipinski definition) is 3. The van der Waals surface area contributed by atoms with Crippen LogP contribution in [0.2, 0.25) is 0 Å². The van der Waals surface area contributed by atoms with E-state index in [1.807, 2.05) is 60.7 Å². The van der Waals surface area contributed by atoms with Crippen LogP contribution in [0.4, 0.5) is 4.79 Å². The summed E-state index contributed by atoms with van der Waals surface area (Å²) in [6.45, 7) is 5.17. The number of ether oxygens (including phenoxy) is 2. The number of rotatable bonds is 6. The van der Waals surface area contributed by atoms with Gasteiger partial charge in [0.15, 0.2) is 5.58 Å². The maximum Gasteiger partial charge on any atom is 0.408 e. The van der Waals surface area contributed by atoms with Crippen molar-refractivity contribution in [2.75, 3.05) is 6.54 Å². The Labute approximate surface area is 324 Å². The zero-order chi connectivity index (χ0) is 39.4. The summed E-state index contributed by atoms with van der Waals surface area (Å²) in [6, 6.07) is 13.0. The number of sulfonamides is 1. The van der Waals surface area contributed by atoms with Gasteiger partial charge in [-0.3, -0.25) is 19.1 Å². The van der Waals surface area contributed by atoms with E-state index in [9.17, 15) is 27.6 Å². The van der Waals surface area contributed by atoms with Crippen LogP contribution < -0.4 is 20.1 Å². The molecule has 3 fully saturated rings. The highest BCUT2D eigenvalue weighted by Gasteiger charge is 2.62. The van der Waals surface area contributed by atoms with Crippen molar-refractivity contribution in [2.45, 2.75) is 113 Å². The molecule has 2 aromatic heterocycles. The minimum atomic E-state index is -3.90. The van der Waals surface area contributed by atoms with Crippen molar-refractivity contribution in [1.29, 1.82) is 0 Å². The summed E-state index contributed by atoms with van der Waals surface area (Å²) >= 11 is 0. The normalized spacial score (nSPS) is 26.7. The van der Waals surface area contributed by atoms with E-state index < -0.39 is 74.3 Å². The van der Waals surface area contributed by atoms with Gasteiger partial charge in [0.25, 0.3) is 5.91 Å². The Bertz CT molecular complexity index is 2360. The summed E-state index contributed by atoms with van der Waals surface area (Å²) in [5, 5.41) is 7.30. The van der Waals surface area contributed by atoms with Gasteiger partial charge in [-0.1, -0.05) is 55.3 Å². The molecule has 4 aromatic rings. The first kappa shape index (κ1) is 37.7. The van der Waals surface area contributed by atoms with Crippen LogP contribution in [-0.2, 0) is 29.1 Å². The molecule has 1 unspecified atom stereocenters. The van der Waals surface area contributed by atoms with Crippen LogP contribution in [0.3, 0.4) is 0 Å². The molecule has 4 heterocycles. The number of nitrogens with zero attached hydrogens (tertiary/aromatic N) is 2. The molecule has 296 valence electrons. The molecule has 0 radical (unpaired) electrons. The standard InChI is InChI=1S/C41H47N5O9S/c1-40(2,3)55-39(50)42-30-17-8-6-4-5-7-13-24-22-41(24,38(49)45-56(51,52)26-19-20-26)44-35(47)31-21-25(23-46(31)37(30)48)53-36-28-15-10-9-14-27(28)34-33(43-36)29-16-11-12-18-32(29)54-34/h7,9-16,18,24-26,30-31H,4-6,8,17,19-23H2,1-3H3,(H,42,50)(H,44,47)(H,45,49)/b13-7+/t24?,25-,30+,31+,41-/m1/s1. The predicted octanol–water partition coefficient (Wildman–Crippen LogP) is 5.38. The molecule has 3 N–H and O–H groups in total. The molecule has 1 saturated heterocycles. The molecule has 0 spiro atoms. The van der Waals surface area contributed by atoms with Crippen LogP contribution >= 0.6 is 0 Å². The number of nitrogens with one attached hydrogen (secondary N) is 3. The summed E-state index contributed by atoms with van der Waals surface area (Å²) in [7, 11) is -3.90. The number of para-hydroxylation sites is 1. The van der Waals surface area contributed by atoms with Crippen molar-refractivity contribution in [3.05, 3.63) is 60.7 Å². The fourth-order valence-electron chi connectivity index (χ4n) is 7.90. The van der Waals surface area contributed by atoms with E-state index in [4.69, 9.17) is 18.9 Å². The Morgan fingerprint density at radius 3 is 2.46 bits per heavy atom. The molecule has 14 nitrogen and oxygen atoms in total. The van der Waals surface area contributed by atoms with Gasteiger partial charge in [-0.2, -0.15) is 0 Å². The van der Waals surface area contributed by atoms with Crippen LogP contribution in [0.1, 0.15) is 78.6 Å². The molecule has 2 aliphatic carbocycles. The van der Waals surface area contributed by atoms with E-state index in [1.165, 1.54) is 4.90 Å². The minimum Gasteiger partial charge on any atom is -0.472 e. The van der Waals surface area contributed by atoms with E-state index in [0.29, 0.717) is 60.1 Å². The van der Waals surface area contributed by atoms with Crippen LogP contribution in [0, 0.1) is 5.92 Å². The number of carbonyl (C=O) groups excluding carboxylic acids is 4. The largest absolute Gasteiger partial charge is 0.472 e. The van der Waals surface area contributed by atoms with E-state index in [-0.39, 0.29) is 19.4 Å². The molecule has 2 aromatic carbocycles. The first-order valence-corrected chi connectivity index (χ1v) is 21.0. The smallest absolute Gasteiger partial charge is 0.408 e. The van der Waals surface area contributed by atoms with Gasteiger partial charge in [0, 0.05) is 28.5 Å². The third-order valence-corrected chi connectivity index (χ3v) is 12.8. The highest BCUT2D eigenvalue weighted by Crippen LogP contribution is 2.46. The summed E-state index contributed by atoms with van der Waals surface area (Å²) < 4.78 is 46.4. The molecule has 8 rings (SSSR count). The second kappa shape index (κ2) is 14.4. The van der Waals surface area contributed by atoms with E-state index in [0.717, 1.165) is 23.6 Å². The fourth-order valence-corrected chi connectivity index (χ4v) is 9.26. The third kappa shape index (κ3) is 7.52. The van der Waals surface area contributed by atoms with Crippen LogP contribution in [0.25, 0.3) is 32.8 Å². The number of alkyl carbamates (subject to hydrolysis) is 1. The second-order valence-corrected chi connectivity index (χ2v) is 18.4. The van der Waals surface area contributed by atoms with Crippen molar-refractivity contribution in [1.82, 2.24) is 25.2 Å². The van der Waals surface area contributed by atoms with Gasteiger partial charge in [0.2, 0.25) is 27.7 Å². The lowest BCUT2D eigenvalue weighted by Gasteiger charge is -2.30. The lowest BCUT2D eigenvalue weighted by Crippen LogP contribution is -2.58. The topological polar surface area (TPSA) is 186 Å². The van der Waals surface area contributed by atoms with Crippen molar-refractivity contribution < 1.29 is 41.5 Å². The van der Waals surface area contributed by atoms with Gasteiger partial charge in [-0.05, 0) is 77.5 Å². The van der Waals surface area contributed by atoms with E-state index >= 15 is 0 Å². The molecule has 0 bridgehead atoms. The Morgan fingerprint density at radius 2 is 1.71 bits per heavy atom. The number of carbonyl (C=O) groups is 4. The first-order valence-electron chi connectivity index (χ1n) is 19.4. The van der Waals surface area contributed by atoms with Gasteiger partial charge < -0.3 is 29.4 Å². The summed E-state index contributed by atoms with van der Waals surface area (Å²) in [6.07, 6.45) is 6.69. The van der Waals surface area contributed by atoms with Crippen molar-refractivity contribution in [3.8, 4) is 5.88 Å². The summed E-state index contributed by atoms with van der Waals surface area (Å²) in [5.74, 6) is -2.04. The number of allylic oxidation sites excluding steroid dienone is 1. The maximum atomic E-state index is 14.6. The van der Waals surface area contributed by atoms with Gasteiger partial charge in [-0.25, -0.2) is 18.2 Å². The molecule has 56 heavy (non-hydrogen) atoms. The van der Waals surface area contributed by atoms with Gasteiger partial charge >= 0.3 is 6.09 Å². The summed E-state index contributed by atoms with van der Waals surface area (Å²) in [4.78, 5) is 62.3. The van der Waals surface area contributed by atoms with Crippen LogP contribution in [0.15, 0.2) is 65.1 Å². The Morgan fingerprint density at radius 1 is 0.982 bits per heavy atom. The lowest BCUT2D eigenvalue weighted by molar-refractivity contribution is -0.141. The molecule has 4 amide bonds. The zero-order valence-corrected chi connectivity index (χ0v) is 32.5. The SMILES string of the molecule is CC(C)(C)OC(=O)N[C@H]1CCCCC/C=C/C2C[C@@]2(C(=O)NS(=O)(=O)C2CC2)NC(=O)[C@@H]2C[C@@H](Oc3nc4c5ccccc5oc4c4ccccc34)CN2C1=O. The molecule has 2 saturated carbocycles. The first-order chi connectivity index (χ1) is 26.7. The van der Waals surface area contributed by atoms with Crippen LogP contribution in [-0.4, -0.2) is 83.2 Å². The van der Waals surface area contributed by atoms with Gasteiger partial charge in [0.05, 0.1) is 11.8 Å². The molecule has 2 aliphatic heterocycles.